The predicted molar refractivity (Wildman–Crippen MR) is 63.8 cm³/mol. The Hall–Kier alpha value is 0.160. The quantitative estimate of drug-likeness (QED) is 0.451. The first kappa shape index (κ1) is 12.2. The molecule has 82 valence electrons. The zero-order chi connectivity index (χ0) is 10.7. The minimum atomic E-state index is -0.0676. The number of hydrogen-bond acceptors (Lipinski definition) is 2. The summed E-state index contributed by atoms with van der Waals surface area (Å²) in [5.74, 6) is 0.421. The molecular weight excluding hydrogens is 293 g/mol. The molecule has 1 saturated heterocycles. The summed E-state index contributed by atoms with van der Waals surface area (Å²) in [6.07, 6.45) is 1.14. The highest BCUT2D eigenvalue weighted by molar-refractivity contribution is 14.1. The second kappa shape index (κ2) is 5.30. The maximum atomic E-state index is 11.4. The third kappa shape index (κ3) is 3.38. The van der Waals surface area contributed by atoms with Crippen LogP contribution in [0, 0.1) is 5.92 Å². The number of alkyl halides is 1. The average Bonchev–Trinajstić information content (AvgIpc) is 2.09. The van der Waals surface area contributed by atoms with Crippen LogP contribution >= 0.6 is 22.6 Å². The van der Waals surface area contributed by atoms with Gasteiger partial charge in [0.1, 0.15) is 10.0 Å². The monoisotopic (exact) mass is 312 g/mol. The summed E-state index contributed by atoms with van der Waals surface area (Å²) in [5.41, 5.74) is 0. The minimum absolute atomic E-state index is 0.0354. The first-order valence-electron chi connectivity index (χ1n) is 5.16. The summed E-state index contributed by atoms with van der Waals surface area (Å²) >= 11 is 2.10. The Morgan fingerprint density at radius 2 is 2.29 bits per heavy atom. The van der Waals surface area contributed by atoms with Gasteiger partial charge in [-0.2, -0.15) is 0 Å². The van der Waals surface area contributed by atoms with Gasteiger partial charge >= 0.3 is 5.97 Å². The molecule has 1 aliphatic heterocycles. The van der Waals surface area contributed by atoms with Crippen LogP contribution < -0.4 is 4.90 Å². The fraction of sp³-hybridized carbons (Fsp3) is 0.900. The van der Waals surface area contributed by atoms with E-state index in [9.17, 15) is 4.79 Å². The Labute approximate surface area is 99.3 Å². The van der Waals surface area contributed by atoms with Crippen LogP contribution in [0.25, 0.3) is 0 Å². The van der Waals surface area contributed by atoms with Gasteiger partial charge in [0.15, 0.2) is 0 Å². The third-order valence-corrected chi connectivity index (χ3v) is 3.26. The number of hydrogen-bond donors (Lipinski definition) is 1. The average molecular weight is 312 g/mol. The molecule has 0 spiro atoms. The third-order valence-electron chi connectivity index (χ3n) is 2.75. The van der Waals surface area contributed by atoms with E-state index in [0.29, 0.717) is 5.92 Å². The molecule has 14 heavy (non-hydrogen) atoms. The van der Waals surface area contributed by atoms with E-state index in [4.69, 9.17) is 4.74 Å². The highest BCUT2D eigenvalue weighted by atomic mass is 127. The van der Waals surface area contributed by atoms with E-state index < -0.39 is 0 Å². The van der Waals surface area contributed by atoms with Crippen LogP contribution in [-0.2, 0) is 9.53 Å². The number of piperidine rings is 1. The fourth-order valence-corrected chi connectivity index (χ4v) is 2.02. The molecule has 0 aliphatic carbocycles. The molecule has 1 heterocycles. The molecule has 0 radical (unpaired) electrons. The first-order chi connectivity index (χ1) is 6.50. The van der Waals surface area contributed by atoms with Crippen molar-refractivity contribution in [3.05, 3.63) is 0 Å². The molecule has 0 saturated carbocycles. The van der Waals surface area contributed by atoms with E-state index in [1.54, 1.807) is 0 Å². The van der Waals surface area contributed by atoms with Gasteiger partial charge in [-0.15, -0.1) is 0 Å². The lowest BCUT2D eigenvalue weighted by Gasteiger charge is -2.32. The Kier molecular flexibility index (Phi) is 4.63. The second-order valence-electron chi connectivity index (χ2n) is 4.27. The van der Waals surface area contributed by atoms with E-state index in [-0.39, 0.29) is 16.0 Å². The molecule has 0 amide bonds. The zero-order valence-electron chi connectivity index (χ0n) is 9.05. The molecule has 0 aromatic carbocycles. The van der Waals surface area contributed by atoms with E-state index in [1.165, 1.54) is 4.90 Å². The second-order valence-corrected chi connectivity index (χ2v) is 6.14. The van der Waals surface area contributed by atoms with Gasteiger partial charge in [0.2, 0.25) is 0 Å². The highest BCUT2D eigenvalue weighted by Crippen LogP contribution is 2.14. The molecule has 0 aromatic rings. The lowest BCUT2D eigenvalue weighted by molar-refractivity contribution is -0.889. The van der Waals surface area contributed by atoms with E-state index in [1.807, 2.05) is 6.92 Å². The van der Waals surface area contributed by atoms with E-state index >= 15 is 0 Å². The smallest absolute Gasteiger partial charge is 0.318 e. The molecule has 3 nitrogen and oxygen atoms in total. The van der Waals surface area contributed by atoms with Gasteiger partial charge in [-0.1, -0.05) is 29.5 Å². The normalized spacial score (nSPS) is 35.0. The molecule has 1 rings (SSSR count). The van der Waals surface area contributed by atoms with Crippen LogP contribution in [0.2, 0.25) is 0 Å². The molecule has 1 N–H and O–H groups in total. The van der Waals surface area contributed by atoms with Crippen LogP contribution in [-0.4, -0.2) is 36.1 Å². The number of ether oxygens (including phenoxy) is 1. The van der Waals surface area contributed by atoms with Gasteiger partial charge in [-0.3, -0.25) is 4.79 Å². The topological polar surface area (TPSA) is 30.7 Å². The zero-order valence-corrected chi connectivity index (χ0v) is 11.2. The standard InChI is InChI=1S/C10H18INO2/c1-7-6-12(3)5-4-9(7)14-10(13)8(2)11/h7-9H,4-6H2,1-3H3/p+1. The summed E-state index contributed by atoms with van der Waals surface area (Å²) in [4.78, 5) is 12.9. The molecule has 0 aromatic heterocycles. The summed E-state index contributed by atoms with van der Waals surface area (Å²) in [7, 11) is 2.19. The Morgan fingerprint density at radius 1 is 1.64 bits per heavy atom. The number of quaternary nitrogens is 1. The summed E-state index contributed by atoms with van der Waals surface area (Å²) in [5, 5.41) is 0. The lowest BCUT2D eigenvalue weighted by Crippen LogP contribution is -3.11. The Balaban J connectivity index is 2.41. The van der Waals surface area contributed by atoms with Crippen molar-refractivity contribution in [2.45, 2.75) is 30.3 Å². The largest absolute Gasteiger partial charge is 0.461 e. The van der Waals surface area contributed by atoms with Crippen LogP contribution in [0.3, 0.4) is 0 Å². The molecule has 1 aliphatic rings. The molecule has 4 heteroatoms. The van der Waals surface area contributed by atoms with Crippen molar-refractivity contribution in [2.75, 3.05) is 20.1 Å². The SMILES string of the molecule is CC(I)C(=O)OC1CC[NH+](C)CC1C. The van der Waals surface area contributed by atoms with Crippen LogP contribution in [0.4, 0.5) is 0 Å². The number of halogens is 1. The molecule has 1 fully saturated rings. The number of likely N-dealkylation sites (tertiary alicyclic amines) is 1. The Morgan fingerprint density at radius 3 is 2.79 bits per heavy atom. The van der Waals surface area contributed by atoms with Crippen molar-refractivity contribution < 1.29 is 14.4 Å². The lowest BCUT2D eigenvalue weighted by atomic mass is 9.97. The van der Waals surface area contributed by atoms with Crippen LogP contribution in [0.15, 0.2) is 0 Å². The molecular formula is C10H19INO2+. The predicted octanol–water partition coefficient (Wildman–Crippen LogP) is 0.276. The van der Waals surface area contributed by atoms with Gasteiger partial charge in [0, 0.05) is 12.3 Å². The summed E-state index contributed by atoms with van der Waals surface area (Å²) < 4.78 is 5.42. The van der Waals surface area contributed by atoms with Gasteiger partial charge in [0.25, 0.3) is 0 Å². The van der Waals surface area contributed by atoms with Crippen molar-refractivity contribution in [2.24, 2.45) is 5.92 Å². The number of esters is 1. The van der Waals surface area contributed by atoms with Gasteiger partial charge in [-0.05, 0) is 6.92 Å². The minimum Gasteiger partial charge on any atom is -0.461 e. The number of carbonyl (C=O) groups is 1. The van der Waals surface area contributed by atoms with E-state index in [0.717, 1.165) is 19.5 Å². The van der Waals surface area contributed by atoms with Crippen LogP contribution in [0.5, 0.6) is 0 Å². The maximum absolute atomic E-state index is 11.4. The van der Waals surface area contributed by atoms with Crippen molar-refractivity contribution in [3.8, 4) is 0 Å². The van der Waals surface area contributed by atoms with Gasteiger partial charge < -0.3 is 9.64 Å². The van der Waals surface area contributed by atoms with Crippen LogP contribution in [0.1, 0.15) is 20.3 Å². The van der Waals surface area contributed by atoms with Gasteiger partial charge in [-0.25, -0.2) is 0 Å². The summed E-state index contributed by atoms with van der Waals surface area (Å²) in [6.45, 7) is 6.25. The number of rotatable bonds is 2. The van der Waals surface area contributed by atoms with Crippen molar-refractivity contribution in [3.63, 3.8) is 0 Å². The number of carbonyl (C=O) groups excluding carboxylic acids is 1. The number of nitrogens with one attached hydrogen (secondary N) is 1. The maximum Gasteiger partial charge on any atom is 0.318 e. The molecule has 0 bridgehead atoms. The Bertz CT molecular complexity index is 208. The summed E-state index contributed by atoms with van der Waals surface area (Å²) in [6, 6.07) is 0. The van der Waals surface area contributed by atoms with E-state index in [2.05, 4.69) is 36.6 Å². The molecule has 4 atom stereocenters. The van der Waals surface area contributed by atoms with Crippen molar-refractivity contribution >= 4 is 28.6 Å². The molecule has 4 unspecified atom stereocenters. The first-order valence-corrected chi connectivity index (χ1v) is 6.41. The van der Waals surface area contributed by atoms with Crippen molar-refractivity contribution in [1.29, 1.82) is 0 Å². The van der Waals surface area contributed by atoms with Crippen molar-refractivity contribution in [1.82, 2.24) is 0 Å². The highest BCUT2D eigenvalue weighted by Gasteiger charge is 2.30. The fourth-order valence-electron chi connectivity index (χ4n) is 1.87. The van der Waals surface area contributed by atoms with Gasteiger partial charge in [0.05, 0.1) is 20.1 Å².